The summed E-state index contributed by atoms with van der Waals surface area (Å²) in [5, 5.41) is 15.8. The zero-order valence-electron chi connectivity index (χ0n) is 17.1. The molecule has 7 nitrogen and oxygen atoms in total. The summed E-state index contributed by atoms with van der Waals surface area (Å²) < 4.78 is 5.21. The normalized spacial score (nSPS) is 19.5. The molecule has 2 aliphatic rings. The molecule has 1 aromatic heterocycles. The molecule has 2 amide bonds. The summed E-state index contributed by atoms with van der Waals surface area (Å²) in [6, 6.07) is 7.09. The van der Waals surface area contributed by atoms with Gasteiger partial charge in [-0.15, -0.1) is 11.3 Å². The summed E-state index contributed by atoms with van der Waals surface area (Å²) in [5.74, 6) is -2.41. The number of rotatable bonds is 6. The topological polar surface area (TPSA) is 105 Å². The highest BCUT2D eigenvalue weighted by atomic mass is 32.1. The lowest BCUT2D eigenvalue weighted by molar-refractivity contribution is -0.146. The van der Waals surface area contributed by atoms with Crippen LogP contribution in [0.5, 0.6) is 5.75 Å². The van der Waals surface area contributed by atoms with Gasteiger partial charge in [0.05, 0.1) is 24.5 Å². The average molecular weight is 441 g/mol. The first-order chi connectivity index (χ1) is 15.0. The number of hydrogen-bond acceptors (Lipinski definition) is 5. The highest BCUT2D eigenvalue weighted by Crippen LogP contribution is 2.40. The third-order valence-corrected chi connectivity index (χ3v) is 7.01. The van der Waals surface area contributed by atoms with E-state index in [-0.39, 0.29) is 11.8 Å². The minimum atomic E-state index is -0.978. The van der Waals surface area contributed by atoms with Crippen molar-refractivity contribution in [2.24, 2.45) is 11.8 Å². The van der Waals surface area contributed by atoms with Crippen molar-refractivity contribution >= 4 is 39.8 Å². The second-order valence-corrected chi connectivity index (χ2v) is 8.84. The predicted octanol–water partition coefficient (Wildman–Crippen LogP) is 4.10. The Hall–Kier alpha value is -3.13. The maximum atomic E-state index is 13.2. The molecule has 0 spiro atoms. The summed E-state index contributed by atoms with van der Waals surface area (Å²) in [7, 11) is 1.56. The number of benzene rings is 1. The Labute approximate surface area is 184 Å². The van der Waals surface area contributed by atoms with Crippen LogP contribution in [-0.4, -0.2) is 30.0 Å². The third-order valence-electron chi connectivity index (χ3n) is 5.80. The van der Waals surface area contributed by atoms with E-state index in [0.717, 1.165) is 29.7 Å². The zero-order chi connectivity index (χ0) is 22.0. The molecule has 0 bridgehead atoms. The van der Waals surface area contributed by atoms with Gasteiger partial charge in [0.1, 0.15) is 10.8 Å². The SMILES string of the molecule is COc1cccc(NC(=O)c2c(NC(=O)[C@H]3CC=CC[C@H]3C(=O)O)sc3c2CCC3)c1. The molecule has 1 aromatic carbocycles. The number of allylic oxidation sites excluding steroid dienone is 2. The number of amides is 2. The van der Waals surface area contributed by atoms with Gasteiger partial charge in [-0.25, -0.2) is 0 Å². The second-order valence-electron chi connectivity index (χ2n) is 7.73. The number of anilines is 2. The fraction of sp³-hybridized carbons (Fsp3) is 0.348. The number of carbonyl (C=O) groups is 3. The number of hydrogen-bond donors (Lipinski definition) is 3. The number of thiophene rings is 1. The first-order valence-corrected chi connectivity index (χ1v) is 11.1. The fourth-order valence-electron chi connectivity index (χ4n) is 4.21. The van der Waals surface area contributed by atoms with Gasteiger partial charge in [0.25, 0.3) is 5.91 Å². The molecule has 3 N–H and O–H groups in total. The van der Waals surface area contributed by atoms with Gasteiger partial charge in [0.15, 0.2) is 0 Å². The molecular weight excluding hydrogens is 416 g/mol. The highest BCUT2D eigenvalue weighted by Gasteiger charge is 2.35. The largest absolute Gasteiger partial charge is 0.497 e. The molecule has 0 saturated carbocycles. The number of nitrogens with one attached hydrogen (secondary N) is 2. The van der Waals surface area contributed by atoms with Crippen molar-refractivity contribution in [3.05, 3.63) is 52.4 Å². The molecule has 4 rings (SSSR count). The van der Waals surface area contributed by atoms with Crippen LogP contribution in [0.1, 0.15) is 40.1 Å². The van der Waals surface area contributed by atoms with Crippen molar-refractivity contribution in [1.29, 1.82) is 0 Å². The molecular formula is C23H24N2O5S. The number of fused-ring (bicyclic) bond motifs is 1. The van der Waals surface area contributed by atoms with Crippen molar-refractivity contribution in [2.45, 2.75) is 32.1 Å². The van der Waals surface area contributed by atoms with Gasteiger partial charge in [-0.1, -0.05) is 18.2 Å². The van der Waals surface area contributed by atoms with Crippen molar-refractivity contribution < 1.29 is 24.2 Å². The highest BCUT2D eigenvalue weighted by molar-refractivity contribution is 7.17. The Morgan fingerprint density at radius 1 is 1.10 bits per heavy atom. The lowest BCUT2D eigenvalue weighted by atomic mass is 9.82. The third kappa shape index (κ3) is 4.34. The predicted molar refractivity (Wildman–Crippen MR) is 119 cm³/mol. The van der Waals surface area contributed by atoms with E-state index < -0.39 is 17.8 Å². The quantitative estimate of drug-likeness (QED) is 0.587. The van der Waals surface area contributed by atoms with Gasteiger partial charge in [-0.3, -0.25) is 14.4 Å². The van der Waals surface area contributed by atoms with E-state index >= 15 is 0 Å². The van der Waals surface area contributed by atoms with E-state index in [1.54, 1.807) is 37.5 Å². The number of carboxylic acids is 1. The minimum absolute atomic E-state index is 0.290. The summed E-state index contributed by atoms with van der Waals surface area (Å²) in [5.41, 5.74) is 2.05. The molecule has 0 fully saturated rings. The van der Waals surface area contributed by atoms with Crippen LogP contribution in [0.25, 0.3) is 0 Å². The van der Waals surface area contributed by atoms with Gasteiger partial charge in [-0.05, 0) is 49.8 Å². The standard InChI is InChI=1S/C23H24N2O5S/c1-30-14-7-4-6-13(12-14)24-21(27)19-17-10-5-11-18(17)31-22(19)25-20(26)15-8-2-3-9-16(15)23(28)29/h2-4,6-7,12,15-16H,5,8-11H2,1H3,(H,24,27)(H,25,26)(H,28,29)/t15-,16+/m0/s1. The van der Waals surface area contributed by atoms with Crippen LogP contribution >= 0.6 is 11.3 Å². The van der Waals surface area contributed by atoms with Crippen molar-refractivity contribution in [3.63, 3.8) is 0 Å². The summed E-state index contributed by atoms with van der Waals surface area (Å²) in [4.78, 5) is 38.8. The molecule has 0 saturated heterocycles. The number of carbonyl (C=O) groups excluding carboxylic acids is 2. The molecule has 1 heterocycles. The number of methoxy groups -OCH3 is 1. The van der Waals surface area contributed by atoms with E-state index in [1.807, 2.05) is 6.08 Å². The first kappa shape index (κ1) is 21.1. The summed E-state index contributed by atoms with van der Waals surface area (Å²) in [6.07, 6.45) is 6.98. The van der Waals surface area contributed by atoms with Crippen molar-refractivity contribution in [3.8, 4) is 5.75 Å². The van der Waals surface area contributed by atoms with Crippen LogP contribution in [0.3, 0.4) is 0 Å². The van der Waals surface area contributed by atoms with E-state index in [4.69, 9.17) is 4.74 Å². The fourth-order valence-corrected chi connectivity index (χ4v) is 5.50. The van der Waals surface area contributed by atoms with Crippen LogP contribution in [0.4, 0.5) is 10.7 Å². The number of ether oxygens (including phenoxy) is 1. The van der Waals surface area contributed by atoms with Gasteiger partial charge >= 0.3 is 5.97 Å². The van der Waals surface area contributed by atoms with Gasteiger partial charge in [0, 0.05) is 16.6 Å². The van der Waals surface area contributed by atoms with Crippen molar-refractivity contribution in [2.75, 3.05) is 17.7 Å². The molecule has 0 radical (unpaired) electrons. The van der Waals surface area contributed by atoms with Crippen LogP contribution in [-0.2, 0) is 22.4 Å². The van der Waals surface area contributed by atoms with Gasteiger partial charge < -0.3 is 20.5 Å². The first-order valence-electron chi connectivity index (χ1n) is 10.3. The Kier molecular flexibility index (Phi) is 6.08. The molecule has 31 heavy (non-hydrogen) atoms. The van der Waals surface area contributed by atoms with E-state index in [0.29, 0.717) is 34.8 Å². The van der Waals surface area contributed by atoms with Crippen LogP contribution in [0.15, 0.2) is 36.4 Å². The number of carboxylic acid groups (broad SMARTS) is 1. The second kappa shape index (κ2) is 8.93. The van der Waals surface area contributed by atoms with E-state index in [2.05, 4.69) is 10.6 Å². The van der Waals surface area contributed by atoms with E-state index in [9.17, 15) is 19.5 Å². The zero-order valence-corrected chi connectivity index (χ0v) is 18.0. The van der Waals surface area contributed by atoms with Gasteiger partial charge in [-0.2, -0.15) is 0 Å². The Balaban J connectivity index is 1.59. The average Bonchev–Trinajstić information content (AvgIpc) is 3.34. The Morgan fingerprint density at radius 2 is 1.87 bits per heavy atom. The molecule has 8 heteroatoms. The van der Waals surface area contributed by atoms with Crippen molar-refractivity contribution in [1.82, 2.24) is 0 Å². The van der Waals surface area contributed by atoms with E-state index in [1.165, 1.54) is 11.3 Å². The van der Waals surface area contributed by atoms with Crippen LogP contribution in [0, 0.1) is 11.8 Å². The summed E-state index contributed by atoms with van der Waals surface area (Å²) >= 11 is 1.41. The maximum absolute atomic E-state index is 13.2. The maximum Gasteiger partial charge on any atom is 0.307 e. The van der Waals surface area contributed by atoms with Crippen LogP contribution in [0.2, 0.25) is 0 Å². The Bertz CT molecular complexity index is 1060. The number of aryl methyl sites for hydroxylation is 1. The molecule has 162 valence electrons. The molecule has 0 unspecified atom stereocenters. The molecule has 2 aliphatic carbocycles. The molecule has 0 aliphatic heterocycles. The minimum Gasteiger partial charge on any atom is -0.497 e. The molecule has 2 aromatic rings. The smallest absolute Gasteiger partial charge is 0.307 e. The monoisotopic (exact) mass is 440 g/mol. The lowest BCUT2D eigenvalue weighted by Gasteiger charge is -2.24. The van der Waals surface area contributed by atoms with Crippen LogP contribution < -0.4 is 15.4 Å². The number of aliphatic carboxylic acids is 1. The summed E-state index contributed by atoms with van der Waals surface area (Å²) in [6.45, 7) is 0. The van der Waals surface area contributed by atoms with Gasteiger partial charge in [0.2, 0.25) is 5.91 Å². The lowest BCUT2D eigenvalue weighted by Crippen LogP contribution is -2.35. The Morgan fingerprint density at radius 3 is 2.61 bits per heavy atom. The molecule has 2 atom stereocenters.